The van der Waals surface area contributed by atoms with E-state index in [-0.39, 0.29) is 12.4 Å². The molecule has 0 aromatic carbocycles. The van der Waals surface area contributed by atoms with E-state index in [0.717, 1.165) is 0 Å². The monoisotopic (exact) mass is 460 g/mol. The highest BCUT2D eigenvalue weighted by atomic mass is 31.1. The van der Waals surface area contributed by atoms with Crippen molar-refractivity contribution in [1.82, 2.24) is 19.7 Å². The topological polar surface area (TPSA) is 171 Å². The average molecular weight is 460 g/mol. The van der Waals surface area contributed by atoms with Gasteiger partial charge in [-0.15, -0.1) is 4.52 Å². The number of nitrogens with one attached hydrogen (secondary N) is 1. The molecular weight excluding hydrogens is 436 g/mol. The number of alkyl halides is 1. The minimum atomic E-state index is -2.62. The Morgan fingerprint density at radius 1 is 1.52 bits per heavy atom. The molecule has 0 spiro atoms. The van der Waals surface area contributed by atoms with Crippen molar-refractivity contribution >= 4 is 25.5 Å². The highest BCUT2D eigenvalue weighted by Crippen LogP contribution is 2.42. The SMILES string of the molecule is CCOC(=O)[C@H](C)N[P+](=O)OC[C@@]1(CF)O[C@@H](c2ccc3c(N)ncnn23)[C@H](O)[C@@H]1O. The van der Waals surface area contributed by atoms with E-state index in [1.54, 1.807) is 19.1 Å². The molecule has 31 heavy (non-hydrogen) atoms. The predicted octanol–water partition coefficient (Wildman–Crippen LogP) is 0.0281. The lowest BCUT2D eigenvalue weighted by Crippen LogP contribution is -2.48. The molecule has 0 amide bonds. The zero-order valence-corrected chi connectivity index (χ0v) is 17.7. The third-order valence-electron chi connectivity index (χ3n) is 4.93. The highest BCUT2D eigenvalue weighted by molar-refractivity contribution is 7.36. The van der Waals surface area contributed by atoms with Crippen molar-refractivity contribution in [3.63, 3.8) is 0 Å². The molecule has 6 atom stereocenters. The van der Waals surface area contributed by atoms with Crippen molar-refractivity contribution in [2.45, 2.75) is 43.8 Å². The van der Waals surface area contributed by atoms with Crippen LogP contribution in [0.5, 0.6) is 0 Å². The second-order valence-corrected chi connectivity index (χ2v) is 8.04. The predicted molar refractivity (Wildman–Crippen MR) is 105 cm³/mol. The molecule has 3 rings (SSSR count). The Bertz CT molecular complexity index is 962. The summed E-state index contributed by atoms with van der Waals surface area (Å²) >= 11 is 0. The Morgan fingerprint density at radius 3 is 2.94 bits per heavy atom. The standard InChI is InChI=1S/C17H24FN5O7P/c1-3-28-16(26)9(2)22-31(27)29-7-17(6-18)14(25)12(24)13(30-17)10-4-5-11-15(19)20-8-21-23(10)11/h4-5,8-9,12-14,24-25H,3,6-7H2,1-2H3,(H,22,27)(H2,19,20,21)/q+1/t9-,12-,13-,14-,17+/m0/s1. The molecule has 2 aromatic rings. The van der Waals surface area contributed by atoms with Crippen LogP contribution in [-0.2, 0) is 23.4 Å². The summed E-state index contributed by atoms with van der Waals surface area (Å²) in [6, 6.07) is 2.21. The second kappa shape index (κ2) is 9.47. The van der Waals surface area contributed by atoms with Crippen molar-refractivity contribution < 1.29 is 38.0 Å². The van der Waals surface area contributed by atoms with Crippen molar-refractivity contribution in [2.24, 2.45) is 0 Å². The van der Waals surface area contributed by atoms with Crippen LogP contribution in [0.2, 0.25) is 0 Å². The van der Waals surface area contributed by atoms with Gasteiger partial charge in [-0.05, 0) is 30.5 Å². The molecule has 1 aliphatic heterocycles. The van der Waals surface area contributed by atoms with E-state index in [1.807, 2.05) is 0 Å². The number of nitrogens with two attached hydrogens (primary N) is 1. The summed E-state index contributed by atoms with van der Waals surface area (Å²) in [4.78, 5) is 15.5. The fraction of sp³-hybridized carbons (Fsp3) is 0.588. The number of aliphatic hydroxyl groups is 2. The zero-order chi connectivity index (χ0) is 22.8. The Labute approximate surface area is 177 Å². The first kappa shape index (κ1) is 23.4. The lowest BCUT2D eigenvalue weighted by Gasteiger charge is -2.26. The molecular formula is C17H24FN5O7P+. The number of ether oxygens (including phenoxy) is 2. The van der Waals surface area contributed by atoms with Gasteiger partial charge >= 0.3 is 14.1 Å². The first-order chi connectivity index (χ1) is 14.7. The number of carbonyl (C=O) groups is 1. The van der Waals surface area contributed by atoms with Gasteiger partial charge in [-0.2, -0.15) is 5.10 Å². The summed E-state index contributed by atoms with van der Waals surface area (Å²) < 4.78 is 43.1. The van der Waals surface area contributed by atoms with Crippen LogP contribution in [0.4, 0.5) is 10.2 Å². The molecule has 1 unspecified atom stereocenters. The van der Waals surface area contributed by atoms with Gasteiger partial charge < -0.3 is 25.4 Å². The molecule has 0 aliphatic carbocycles. The van der Waals surface area contributed by atoms with Gasteiger partial charge in [0.15, 0.2) is 11.4 Å². The summed E-state index contributed by atoms with van der Waals surface area (Å²) in [5.74, 6) is -0.447. The van der Waals surface area contributed by atoms with E-state index < -0.39 is 57.4 Å². The van der Waals surface area contributed by atoms with E-state index in [2.05, 4.69) is 15.2 Å². The van der Waals surface area contributed by atoms with Crippen molar-refractivity contribution in [3.8, 4) is 0 Å². The maximum Gasteiger partial charge on any atom is 0.613 e. The first-order valence-corrected chi connectivity index (χ1v) is 10.6. The first-order valence-electron chi connectivity index (χ1n) is 9.45. The van der Waals surface area contributed by atoms with Gasteiger partial charge in [0.2, 0.25) is 0 Å². The van der Waals surface area contributed by atoms with Crippen LogP contribution in [0.25, 0.3) is 5.52 Å². The molecule has 0 bridgehead atoms. The molecule has 3 heterocycles. The number of anilines is 1. The molecule has 1 saturated heterocycles. The van der Waals surface area contributed by atoms with Gasteiger partial charge in [-0.3, -0.25) is 4.79 Å². The fourth-order valence-corrected chi connectivity index (χ4v) is 4.08. The van der Waals surface area contributed by atoms with E-state index in [1.165, 1.54) is 17.8 Å². The molecule has 14 heteroatoms. The van der Waals surface area contributed by atoms with Gasteiger partial charge in [-0.1, -0.05) is 5.09 Å². The summed E-state index contributed by atoms with van der Waals surface area (Å²) in [5.41, 5.74) is 4.55. The van der Waals surface area contributed by atoms with Crippen molar-refractivity contribution in [2.75, 3.05) is 25.6 Å². The maximum atomic E-state index is 14.0. The Hall–Kier alpha value is -2.28. The lowest BCUT2D eigenvalue weighted by atomic mass is 9.96. The minimum Gasteiger partial charge on any atom is -0.465 e. The van der Waals surface area contributed by atoms with Crippen LogP contribution >= 0.6 is 8.18 Å². The molecule has 2 aromatic heterocycles. The van der Waals surface area contributed by atoms with Crippen molar-refractivity contribution in [3.05, 3.63) is 24.2 Å². The summed E-state index contributed by atoms with van der Waals surface area (Å²) in [5, 5.41) is 27.5. The van der Waals surface area contributed by atoms with Gasteiger partial charge in [0, 0.05) is 0 Å². The van der Waals surface area contributed by atoms with Crippen LogP contribution in [0, 0.1) is 0 Å². The third kappa shape index (κ3) is 4.52. The van der Waals surface area contributed by atoms with Crippen LogP contribution in [0.15, 0.2) is 18.5 Å². The number of hydrogen-bond acceptors (Lipinski definition) is 10. The second-order valence-electron chi connectivity index (χ2n) is 7.01. The Morgan fingerprint density at radius 2 is 2.26 bits per heavy atom. The Balaban J connectivity index is 1.73. The lowest BCUT2D eigenvalue weighted by molar-refractivity contribution is -0.144. The zero-order valence-electron chi connectivity index (χ0n) is 16.8. The number of nitrogen functional groups attached to an aromatic ring is 1. The molecule has 12 nitrogen and oxygen atoms in total. The number of rotatable bonds is 9. The maximum absolute atomic E-state index is 14.0. The molecule has 5 N–H and O–H groups in total. The fourth-order valence-electron chi connectivity index (χ4n) is 3.24. The number of fused-ring (bicyclic) bond motifs is 1. The Kier molecular flexibility index (Phi) is 7.14. The molecule has 170 valence electrons. The van der Waals surface area contributed by atoms with Crippen molar-refractivity contribution in [1.29, 1.82) is 0 Å². The van der Waals surface area contributed by atoms with E-state index in [4.69, 9.17) is 19.7 Å². The number of aromatic nitrogens is 3. The van der Waals surface area contributed by atoms with E-state index in [9.17, 15) is 24.0 Å². The molecule has 1 fully saturated rings. The van der Waals surface area contributed by atoms with E-state index >= 15 is 0 Å². The largest absolute Gasteiger partial charge is 0.613 e. The van der Waals surface area contributed by atoms with Crippen LogP contribution < -0.4 is 10.8 Å². The van der Waals surface area contributed by atoms with Gasteiger partial charge in [-0.25, -0.2) is 13.9 Å². The summed E-state index contributed by atoms with van der Waals surface area (Å²) in [6.45, 7) is 1.31. The number of hydrogen-bond donors (Lipinski definition) is 4. The van der Waals surface area contributed by atoms with Crippen LogP contribution in [-0.4, -0.2) is 74.5 Å². The van der Waals surface area contributed by atoms with E-state index in [0.29, 0.717) is 11.2 Å². The summed E-state index contributed by atoms with van der Waals surface area (Å²) in [7, 11) is -2.62. The number of carbonyl (C=O) groups excluding carboxylic acids is 1. The smallest absolute Gasteiger partial charge is 0.465 e. The minimum absolute atomic E-state index is 0.151. The number of halogens is 1. The van der Waals surface area contributed by atoms with Crippen LogP contribution in [0.3, 0.4) is 0 Å². The van der Waals surface area contributed by atoms with Gasteiger partial charge in [0.25, 0.3) is 0 Å². The quantitative estimate of drug-likeness (QED) is 0.294. The summed E-state index contributed by atoms with van der Waals surface area (Å²) in [6.07, 6.45) is -3.19. The highest BCUT2D eigenvalue weighted by Gasteiger charge is 2.57. The average Bonchev–Trinajstić information content (AvgIpc) is 3.28. The number of esters is 1. The van der Waals surface area contributed by atoms with Crippen LogP contribution in [0.1, 0.15) is 25.6 Å². The van der Waals surface area contributed by atoms with Gasteiger partial charge in [0.1, 0.15) is 49.5 Å². The van der Waals surface area contributed by atoms with Gasteiger partial charge in [0.05, 0.1) is 12.3 Å². The normalized spacial score (nSPS) is 27.4. The number of nitrogens with zero attached hydrogens (tertiary/aromatic N) is 3. The molecule has 1 aliphatic rings. The molecule has 0 radical (unpaired) electrons. The third-order valence-corrected chi connectivity index (χ3v) is 5.89. The number of aliphatic hydroxyl groups excluding tert-OH is 2. The molecule has 0 saturated carbocycles.